The number of phenolic OH excluding ortho intramolecular Hbond substituents is 1. The van der Waals surface area contributed by atoms with Crippen LogP contribution >= 0.6 is 0 Å². The molecule has 2 saturated carbocycles. The van der Waals surface area contributed by atoms with Gasteiger partial charge in [0.05, 0.1) is 146 Å². The molecule has 41 heteroatoms. The number of ether oxygens (including phenoxy) is 9. The molecule has 2 fully saturated rings. The molecular weight excluding hydrogens is 1940 g/mol. The monoisotopic (exact) mass is 2100 g/mol. The number of carbonyl (C=O) groups excluding carboxylic acids is 12. The Hall–Kier alpha value is -11.3. The number of phenols is 1. The largest absolute Gasteiger partial charge is 0.508 e. The number of aryl methyl sites for hydroxylation is 2. The van der Waals surface area contributed by atoms with Crippen LogP contribution < -0.4 is 74.9 Å². The fourth-order valence-corrected chi connectivity index (χ4v) is 21.6. The van der Waals surface area contributed by atoms with Crippen molar-refractivity contribution in [1.29, 1.82) is 0 Å². The van der Waals surface area contributed by atoms with Crippen molar-refractivity contribution in [2.24, 2.45) is 40.1 Å². The molecule has 0 bridgehead atoms. The van der Waals surface area contributed by atoms with Crippen molar-refractivity contribution in [2.45, 2.75) is 250 Å². The standard InChI is InChI=1S/C108H158N14O26S/c1-73(2)97(101(133)119-85(24-16-47-115-104(110)136)99(131)118-86(39-51-123)98(130)116-79-33-29-75-31-35-89-105(3,81(75)69-79)42-17-44-107(89,5)102(134)121-103(135)108(6)45-18-43-106(4)82-70-80(124)34-30-76(82)32-36-90(106)108)120-100(132)84(23-14-15-46-112-94(128)72-148-88-26-9-7-8-22-83(96(88)109)111-48-54-142-58-62-146-66-64-144-60-56-140-52-40-92(126)114-50-68-149(137,138)139)117-93(127)41-53-141-57-61-145-65-67-147-63-59-143-55-49-113-91(125)37-38-95(129)122-71-78-21-11-10-19-74(78)27-28-77-20-12-13-25-87(77)122/h10-13,19-21,25,29-30,33-34,69-70,73,84-86,88-90,97,111,123-124H,7-9,14-18,22-24,26,31-32,35-68,71-72,109H2,1-6H3,(H,112,128)(H,113,125)(H,114,126)(H,116,130)(H,117,127)(H,118,131)(H,119,133)(H,120,132)(H3,110,115,136)(H,121,134,135)(H,137,138,139)/t84-,85+,86+,88?,89-,90-,97+,105-,106-,107+,108+/m1/s1. The number of primary amides is 1. The zero-order valence-electron chi connectivity index (χ0n) is 87.3. The highest BCUT2D eigenvalue weighted by molar-refractivity contribution is 7.85. The van der Waals surface area contributed by atoms with Crippen LogP contribution in [-0.4, -0.2) is 282 Å². The van der Waals surface area contributed by atoms with Gasteiger partial charge in [-0.15, -0.1) is 0 Å². The number of imide groups is 1. The molecule has 1 unspecified atom stereocenters. The molecule has 13 amide bonds. The molecule has 6 aliphatic rings. The van der Waals surface area contributed by atoms with Crippen LogP contribution in [0.15, 0.2) is 96.3 Å². The number of hydrogen-bond acceptors (Lipinski definition) is 27. The summed E-state index contributed by atoms with van der Waals surface area (Å²) in [7, 11) is -4.16. The van der Waals surface area contributed by atoms with E-state index in [0.29, 0.717) is 115 Å². The van der Waals surface area contributed by atoms with E-state index in [2.05, 4.69) is 84.2 Å². The van der Waals surface area contributed by atoms with Gasteiger partial charge in [-0.25, -0.2) is 4.79 Å². The number of nitrogens with zero attached hydrogens (tertiary/aromatic N) is 1. The van der Waals surface area contributed by atoms with Gasteiger partial charge in [0, 0.05) is 87.5 Å². The lowest BCUT2D eigenvalue weighted by molar-refractivity contribution is -0.150. The van der Waals surface area contributed by atoms with Crippen LogP contribution in [0.1, 0.15) is 228 Å². The maximum Gasteiger partial charge on any atom is 0.312 e. The molecule has 10 rings (SSSR count). The summed E-state index contributed by atoms with van der Waals surface area (Å²) in [6.07, 6.45) is 10.6. The lowest BCUT2D eigenvalue weighted by Crippen LogP contribution is -2.60. The number of nitrogens with one attached hydrogen (secondary N) is 11. The van der Waals surface area contributed by atoms with Crippen LogP contribution in [0.4, 0.5) is 16.2 Å². The number of amides is 13. The first kappa shape index (κ1) is 120. The summed E-state index contributed by atoms with van der Waals surface area (Å²) < 4.78 is 81.5. The van der Waals surface area contributed by atoms with E-state index in [9.17, 15) is 71.4 Å². The molecule has 0 spiro atoms. The van der Waals surface area contributed by atoms with Crippen molar-refractivity contribution in [1.82, 2.24) is 53.2 Å². The maximum atomic E-state index is 15.1. The predicted octanol–water partition coefficient (Wildman–Crippen LogP) is 6.28. The van der Waals surface area contributed by atoms with E-state index in [4.69, 9.17) is 58.7 Å². The number of benzene rings is 4. The van der Waals surface area contributed by atoms with Crippen LogP contribution in [0, 0.1) is 40.4 Å². The quantitative estimate of drug-likeness (QED) is 0.0100. The van der Waals surface area contributed by atoms with Gasteiger partial charge < -0.3 is 122 Å². The molecule has 0 aromatic heterocycles. The van der Waals surface area contributed by atoms with Crippen molar-refractivity contribution < 1.29 is 123 Å². The second kappa shape index (κ2) is 60.7. The molecule has 11 atom stereocenters. The fraction of sp³-hybridized carbons (Fsp3) is 0.630. The third kappa shape index (κ3) is 37.1. The summed E-state index contributed by atoms with van der Waals surface area (Å²) in [6, 6.07) is 20.1. The summed E-state index contributed by atoms with van der Waals surface area (Å²) in [5.41, 5.74) is 18.5. The van der Waals surface area contributed by atoms with E-state index in [1.165, 1.54) is 5.56 Å². The van der Waals surface area contributed by atoms with Crippen molar-refractivity contribution in [3.63, 3.8) is 0 Å². The first-order chi connectivity index (χ1) is 71.5. The predicted molar refractivity (Wildman–Crippen MR) is 556 cm³/mol. The van der Waals surface area contributed by atoms with E-state index in [-0.39, 0.29) is 210 Å². The van der Waals surface area contributed by atoms with Gasteiger partial charge in [0.15, 0.2) is 0 Å². The van der Waals surface area contributed by atoms with Gasteiger partial charge in [0.25, 0.3) is 10.1 Å². The average molecular weight is 2100 g/mol. The van der Waals surface area contributed by atoms with E-state index < -0.39 is 122 Å². The SMILES string of the molecule is CC(C)[C@H](NC(=O)[C@@H](CCCCNC(=O)COC1CCCCCC(NCCOCCOCCOCCOCCC(=O)NCCS(=O)(=O)O)=C1N)NC(=O)CCOCCOCCOCCOCCNC(=O)CCC(=O)N1Cc2ccccc2C#Cc2ccccc21)C(=O)N[C@@H](CCCNC(N)=O)C(=O)N[C@@H](CCO)C(=O)Nc1ccc2c(c1)[C@@]1(C)CCC[C@](C)(C(=O)NC(=O)[C@@]3(C)CCC[C@]4(C)c5cc(O)ccc5CC[C@@H]34)[C@@H]1CC2. The average Bonchev–Trinajstić information content (AvgIpc) is 0.716. The molecule has 4 aromatic carbocycles. The van der Waals surface area contributed by atoms with Gasteiger partial charge in [0.1, 0.15) is 36.5 Å². The Balaban J connectivity index is 0.688. The molecule has 40 nitrogen and oxygen atoms in total. The molecule has 0 radical (unpaired) electrons. The maximum absolute atomic E-state index is 15.1. The zero-order chi connectivity index (χ0) is 107. The summed E-state index contributed by atoms with van der Waals surface area (Å²) in [4.78, 5) is 168. The Morgan fingerprint density at radius 1 is 0.483 bits per heavy atom. The summed E-state index contributed by atoms with van der Waals surface area (Å²) in [5.74, 6) is -0.401. The molecule has 822 valence electrons. The van der Waals surface area contributed by atoms with Gasteiger partial charge in [-0.05, 0) is 208 Å². The van der Waals surface area contributed by atoms with Crippen LogP contribution in [0.3, 0.4) is 0 Å². The summed E-state index contributed by atoms with van der Waals surface area (Å²) in [6.45, 7) is 15.4. The van der Waals surface area contributed by atoms with Crippen molar-refractivity contribution in [2.75, 3.05) is 168 Å². The Kier molecular flexibility index (Phi) is 48.7. The number of unbranched alkanes of at least 4 members (excludes halogenated alkanes) is 1. The first-order valence-electron chi connectivity index (χ1n) is 52.7. The second-order valence-corrected chi connectivity index (χ2v) is 41.9. The van der Waals surface area contributed by atoms with Crippen molar-refractivity contribution in [3.8, 4) is 17.6 Å². The van der Waals surface area contributed by atoms with Gasteiger partial charge >= 0.3 is 6.03 Å². The topological polar surface area (TPSA) is 570 Å². The number of allylic oxidation sites excluding steroid dienone is 1. The number of fused-ring (bicyclic) bond motifs is 8. The fourth-order valence-electron chi connectivity index (χ4n) is 21.2. The normalized spacial score (nSPS) is 20.5. The minimum Gasteiger partial charge on any atom is -0.508 e. The Labute approximate surface area is 874 Å². The molecule has 5 aliphatic carbocycles. The Morgan fingerprint density at radius 2 is 1.00 bits per heavy atom. The number of para-hydroxylation sites is 1. The third-order valence-corrected chi connectivity index (χ3v) is 30.0. The molecular formula is C108H158N14O26S. The van der Waals surface area contributed by atoms with E-state index in [1.807, 2.05) is 86.6 Å². The highest BCUT2D eigenvalue weighted by atomic mass is 32.2. The minimum atomic E-state index is -4.16. The lowest BCUT2D eigenvalue weighted by Gasteiger charge is -2.56. The molecule has 0 saturated heterocycles. The van der Waals surface area contributed by atoms with Gasteiger partial charge in [-0.1, -0.05) is 122 Å². The number of aliphatic hydroxyl groups excluding tert-OH is 1. The lowest BCUT2D eigenvalue weighted by atomic mass is 9.49. The van der Waals surface area contributed by atoms with E-state index in [0.717, 1.165) is 90.4 Å². The number of rotatable bonds is 63. The number of aliphatic hydroxyl groups is 1. The zero-order valence-corrected chi connectivity index (χ0v) is 88.1. The van der Waals surface area contributed by atoms with Gasteiger partial charge in [-0.2, -0.15) is 8.42 Å². The van der Waals surface area contributed by atoms with Gasteiger partial charge in [0.2, 0.25) is 65.0 Å². The molecule has 1 aliphatic heterocycles. The number of carbonyl (C=O) groups is 12. The Bertz CT molecular complexity index is 5350. The highest BCUT2D eigenvalue weighted by Crippen LogP contribution is 2.60. The van der Waals surface area contributed by atoms with E-state index in [1.54, 1.807) is 30.9 Å². The van der Waals surface area contributed by atoms with Crippen LogP contribution in [0.5, 0.6) is 5.75 Å². The summed E-state index contributed by atoms with van der Waals surface area (Å²) in [5, 5.41) is 52.1. The molecule has 149 heavy (non-hydrogen) atoms. The molecule has 1 heterocycles. The number of anilines is 2. The highest BCUT2D eigenvalue weighted by Gasteiger charge is 2.59. The molecule has 18 N–H and O–H groups in total. The van der Waals surface area contributed by atoms with Crippen LogP contribution in [-0.2, 0) is 136 Å². The van der Waals surface area contributed by atoms with E-state index >= 15 is 4.79 Å². The number of nitrogens with two attached hydrogens (primary N) is 2. The third-order valence-electron chi connectivity index (χ3n) is 29.3. The number of aromatic hydroxyl groups is 1. The van der Waals surface area contributed by atoms with Gasteiger partial charge in [-0.3, -0.25) is 62.6 Å². The van der Waals surface area contributed by atoms with Crippen LogP contribution in [0.25, 0.3) is 0 Å². The van der Waals surface area contributed by atoms with Crippen molar-refractivity contribution >= 4 is 92.5 Å². The van der Waals surface area contributed by atoms with Crippen LogP contribution in [0.2, 0.25) is 0 Å². The molecule has 4 aromatic rings. The number of hydrogen-bond donors (Lipinski definition) is 16. The number of urea groups is 1. The first-order valence-corrected chi connectivity index (χ1v) is 54.3. The summed E-state index contributed by atoms with van der Waals surface area (Å²) >= 11 is 0. The van der Waals surface area contributed by atoms with Crippen molar-refractivity contribution in [3.05, 3.63) is 135 Å². The second-order valence-electron chi connectivity index (χ2n) is 40.4. The Morgan fingerprint density at radius 3 is 1.62 bits per heavy atom. The smallest absolute Gasteiger partial charge is 0.312 e. The minimum absolute atomic E-state index is 0.00329.